The molecule has 0 N–H and O–H groups in total. The molecule has 386 valence electrons. The molecule has 3 aromatic heterocycles. The Morgan fingerprint density at radius 2 is 1.12 bits per heavy atom. The molecule has 0 atom stereocenters. The normalized spacial score (nSPS) is 13.3. The summed E-state index contributed by atoms with van der Waals surface area (Å²) in [5.41, 5.74) is 18.2. The molecule has 1 aliphatic rings. The molecule has 11 rings (SSSR count). The van der Waals surface area contributed by atoms with Crippen molar-refractivity contribution in [2.24, 2.45) is 0 Å². The predicted molar refractivity (Wildman–Crippen MR) is 311 cm³/mol. The average Bonchev–Trinajstić information content (AvgIpc) is 4.09. The molecule has 75 heavy (non-hydrogen) atoms. The van der Waals surface area contributed by atoms with Gasteiger partial charge in [0.15, 0.2) is 0 Å². The molecule has 0 fully saturated rings. The minimum absolute atomic E-state index is 0. The van der Waals surface area contributed by atoms with Gasteiger partial charge in [0.25, 0.3) is 0 Å². The van der Waals surface area contributed by atoms with Crippen molar-refractivity contribution >= 4 is 55.6 Å². The minimum Gasteiger partial charge on any atom is -0.509 e. The second-order valence-corrected chi connectivity index (χ2v) is 24.6. The van der Waals surface area contributed by atoms with Gasteiger partial charge in [-0.05, 0) is 115 Å². The molecule has 10 aromatic rings. The van der Waals surface area contributed by atoms with Crippen molar-refractivity contribution in [2.45, 2.75) is 131 Å². The van der Waals surface area contributed by atoms with Gasteiger partial charge in [0, 0.05) is 84.5 Å². The zero-order valence-electron chi connectivity index (χ0n) is 46.0. The van der Waals surface area contributed by atoms with E-state index in [1.807, 2.05) is 12.3 Å². The van der Waals surface area contributed by atoms with Gasteiger partial charge in [-0.1, -0.05) is 180 Å². The summed E-state index contributed by atoms with van der Waals surface area (Å²) in [6.07, 6.45) is 4.11. The number of para-hydroxylation sites is 2. The Kier molecular flexibility index (Phi) is 13.3. The van der Waals surface area contributed by atoms with Crippen LogP contribution >= 0.6 is 0 Å². The third-order valence-electron chi connectivity index (χ3n) is 15.0. The Morgan fingerprint density at radius 3 is 1.77 bits per heavy atom. The third kappa shape index (κ3) is 9.47. The van der Waals surface area contributed by atoms with Gasteiger partial charge in [-0.25, -0.2) is 4.98 Å². The zero-order valence-corrected chi connectivity index (χ0v) is 48.3. The van der Waals surface area contributed by atoms with Crippen LogP contribution in [0.15, 0.2) is 146 Å². The molecule has 6 nitrogen and oxygen atoms in total. The SMILES string of the molecule is CCCCn1c2cc(Oc3[c-]c(N4[CH-]N(c5c(-c6ccccc6)cc(C(C)(C)C)cc5-c5cc(C(C)(C)C)cc(C(C)(C)C)c5)c5ccccc54)ccc3)[c-]c3c2c2c1cccc2n3-c1cc(C(C)(C)C)ccn1.[Pt]. The number of pyridine rings is 1. The van der Waals surface area contributed by atoms with E-state index in [1.54, 1.807) is 0 Å². The number of ether oxygens (including phenoxy) is 1. The van der Waals surface area contributed by atoms with Gasteiger partial charge in [0.2, 0.25) is 0 Å². The number of hydrogen-bond acceptors (Lipinski definition) is 4. The Labute approximate surface area is 460 Å². The quantitative estimate of drug-likeness (QED) is 0.128. The van der Waals surface area contributed by atoms with Crippen LogP contribution in [0.25, 0.3) is 60.9 Å². The van der Waals surface area contributed by atoms with E-state index < -0.39 is 0 Å². The Balaban J connectivity index is 0.00000641. The van der Waals surface area contributed by atoms with Crippen LogP contribution in [0.4, 0.5) is 22.7 Å². The van der Waals surface area contributed by atoms with E-state index in [1.165, 1.54) is 60.8 Å². The molecule has 0 amide bonds. The first kappa shape index (κ1) is 51.8. The maximum atomic E-state index is 6.98. The van der Waals surface area contributed by atoms with E-state index >= 15 is 0 Å². The fraction of sp³-hybridized carbons (Fsp3) is 0.294. The van der Waals surface area contributed by atoms with E-state index in [9.17, 15) is 0 Å². The van der Waals surface area contributed by atoms with E-state index in [4.69, 9.17) is 9.72 Å². The van der Waals surface area contributed by atoms with Gasteiger partial charge < -0.3 is 23.7 Å². The second-order valence-electron chi connectivity index (χ2n) is 24.6. The summed E-state index contributed by atoms with van der Waals surface area (Å²) in [6, 6.07) is 58.7. The maximum Gasteiger partial charge on any atom is 0.135 e. The first-order valence-electron chi connectivity index (χ1n) is 26.6. The summed E-state index contributed by atoms with van der Waals surface area (Å²) < 4.78 is 11.7. The summed E-state index contributed by atoms with van der Waals surface area (Å²) in [6.45, 7) is 33.1. The van der Waals surface area contributed by atoms with Gasteiger partial charge in [-0.15, -0.1) is 42.7 Å². The van der Waals surface area contributed by atoms with Crippen LogP contribution in [-0.2, 0) is 49.3 Å². The molecule has 0 saturated carbocycles. The average molecular weight is 1170 g/mol. The molecule has 4 heterocycles. The summed E-state index contributed by atoms with van der Waals surface area (Å²) >= 11 is 0. The van der Waals surface area contributed by atoms with Gasteiger partial charge in [-0.2, -0.15) is 6.07 Å². The Hall–Kier alpha value is -6.62. The zero-order chi connectivity index (χ0) is 52.1. The van der Waals surface area contributed by atoms with Crippen LogP contribution in [0.3, 0.4) is 0 Å². The largest absolute Gasteiger partial charge is 0.509 e. The van der Waals surface area contributed by atoms with Crippen molar-refractivity contribution in [1.29, 1.82) is 0 Å². The van der Waals surface area contributed by atoms with Crippen LogP contribution in [0.2, 0.25) is 0 Å². The van der Waals surface area contributed by atoms with Gasteiger partial charge in [0.1, 0.15) is 5.82 Å². The van der Waals surface area contributed by atoms with Crippen molar-refractivity contribution < 1.29 is 25.8 Å². The number of aromatic nitrogens is 3. The Morgan fingerprint density at radius 1 is 0.520 bits per heavy atom. The number of anilines is 4. The molecule has 0 radical (unpaired) electrons. The Bertz CT molecular complexity index is 3690. The van der Waals surface area contributed by atoms with Crippen LogP contribution in [0.5, 0.6) is 11.5 Å². The molecule has 0 bridgehead atoms. The van der Waals surface area contributed by atoms with Crippen LogP contribution < -0.4 is 14.5 Å². The van der Waals surface area contributed by atoms with Crippen LogP contribution in [0.1, 0.15) is 125 Å². The third-order valence-corrected chi connectivity index (χ3v) is 15.0. The van der Waals surface area contributed by atoms with Gasteiger partial charge >= 0.3 is 0 Å². The summed E-state index contributed by atoms with van der Waals surface area (Å²) in [7, 11) is 0. The van der Waals surface area contributed by atoms with Gasteiger partial charge in [-0.3, -0.25) is 0 Å². The number of fused-ring (bicyclic) bond motifs is 1. The monoisotopic (exact) mass is 1170 g/mol. The van der Waals surface area contributed by atoms with Crippen molar-refractivity contribution in [1.82, 2.24) is 14.1 Å². The molecule has 0 aliphatic carbocycles. The molecule has 0 unspecified atom stereocenters. The standard InChI is InChI=1S/C68H70N5O.Pt/c1-14-15-33-70-57-29-22-30-58-62(57)63-59(70)41-52(42-60(63)73(58)61-39-46(31-32-69-61)65(2,3)4)74-51-26-21-25-50(40-51)71-43-72(56-28-20-19-27-55(56)71)64-53(44-23-17-16-18-24-44)37-49(68(11,12)13)38-54(64)45-34-47(66(5,6)7)36-48(35-45)67(8,9)10;/h16-32,34-39,41,43H,14-15,33H2,1-13H3;/q-3;. The molecule has 7 heteroatoms. The van der Waals surface area contributed by atoms with Crippen LogP contribution in [-0.4, -0.2) is 14.1 Å². The number of benzene rings is 7. The summed E-state index contributed by atoms with van der Waals surface area (Å²) in [5, 5.41) is 2.43. The number of rotatable bonds is 10. The molecular weight excluding hydrogens is 1100 g/mol. The van der Waals surface area contributed by atoms with E-state index in [2.05, 4.69) is 261 Å². The minimum atomic E-state index is -0.110. The van der Waals surface area contributed by atoms with E-state index in [0.29, 0.717) is 11.5 Å². The smallest absolute Gasteiger partial charge is 0.135 e. The molecule has 7 aromatic carbocycles. The first-order valence-corrected chi connectivity index (χ1v) is 26.6. The first-order chi connectivity index (χ1) is 35.2. The number of unbranched alkanes of at least 4 members (excludes halogenated alkanes) is 1. The molecule has 0 spiro atoms. The fourth-order valence-corrected chi connectivity index (χ4v) is 10.7. The fourth-order valence-electron chi connectivity index (χ4n) is 10.7. The van der Waals surface area contributed by atoms with Crippen LogP contribution in [0, 0.1) is 18.8 Å². The number of aryl methyl sites for hydroxylation is 1. The predicted octanol–water partition coefficient (Wildman–Crippen LogP) is 18.7. The number of hydrogen-bond donors (Lipinski definition) is 0. The van der Waals surface area contributed by atoms with Crippen molar-refractivity contribution in [3.05, 3.63) is 187 Å². The van der Waals surface area contributed by atoms with E-state index in [-0.39, 0.29) is 42.7 Å². The van der Waals surface area contributed by atoms with Gasteiger partial charge in [0.05, 0.1) is 0 Å². The van der Waals surface area contributed by atoms with Crippen molar-refractivity contribution in [3.8, 4) is 39.6 Å². The second kappa shape index (κ2) is 19.2. The maximum absolute atomic E-state index is 6.98. The topological polar surface area (TPSA) is 38.5 Å². The van der Waals surface area contributed by atoms with Crippen molar-refractivity contribution in [3.63, 3.8) is 0 Å². The number of nitrogens with zero attached hydrogens (tertiary/aromatic N) is 5. The van der Waals surface area contributed by atoms with Crippen molar-refractivity contribution in [2.75, 3.05) is 9.80 Å². The van der Waals surface area contributed by atoms with E-state index in [0.717, 1.165) is 64.5 Å². The summed E-state index contributed by atoms with van der Waals surface area (Å²) in [4.78, 5) is 9.65. The summed E-state index contributed by atoms with van der Waals surface area (Å²) in [5.74, 6) is 2.11. The molecule has 1 aliphatic heterocycles. The molecular formula is C68H70N5OPt-3. The molecule has 0 saturated heterocycles.